The van der Waals surface area contributed by atoms with Gasteiger partial charge in [-0.15, -0.1) is 0 Å². The van der Waals surface area contributed by atoms with Gasteiger partial charge in [0, 0.05) is 0 Å². The molecule has 0 spiro atoms. The highest BCUT2D eigenvalue weighted by Crippen LogP contribution is 2.29. The van der Waals surface area contributed by atoms with E-state index in [2.05, 4.69) is 53.5 Å². The molecule has 0 radical (unpaired) electrons. The lowest BCUT2D eigenvalue weighted by atomic mass is 10.1. The Balaban J connectivity index is 1.35. The number of hydrogen-bond acceptors (Lipinski definition) is 4. The van der Waals surface area contributed by atoms with Gasteiger partial charge < -0.3 is 14.5 Å². The number of ether oxygens (including phenoxy) is 1. The molecule has 174 valence electrons. The maximum atomic E-state index is 9.95. The normalized spacial score (nSPS) is 14.6. The van der Waals surface area contributed by atoms with Crippen LogP contribution in [0.3, 0.4) is 0 Å². The van der Waals surface area contributed by atoms with E-state index in [1.54, 1.807) is 4.90 Å². The van der Waals surface area contributed by atoms with E-state index in [-0.39, 0.29) is 0 Å². The average Bonchev–Trinajstić information content (AvgIpc) is 3.25. The number of quaternary nitrogens is 1. The fourth-order valence-electron chi connectivity index (χ4n) is 4.93. The highest BCUT2D eigenvalue weighted by molar-refractivity contribution is 5.85. The van der Waals surface area contributed by atoms with Gasteiger partial charge >= 0.3 is 0 Å². The lowest BCUT2D eigenvalue weighted by Gasteiger charge is -2.34. The fraction of sp³-hybridized carbons (Fsp3) is 0.357. The minimum Gasteiger partial charge on any atom is -0.488 e. The van der Waals surface area contributed by atoms with Crippen LogP contribution in [0, 0.1) is 18.3 Å². The number of aryl methyl sites for hydroxylation is 2. The molecule has 3 heterocycles. The summed E-state index contributed by atoms with van der Waals surface area (Å²) in [5.74, 6) is 2.10. The number of piperazine rings is 1. The van der Waals surface area contributed by atoms with Crippen molar-refractivity contribution in [2.45, 2.75) is 26.7 Å². The van der Waals surface area contributed by atoms with Crippen molar-refractivity contribution in [1.29, 1.82) is 5.26 Å². The second-order valence-corrected chi connectivity index (χ2v) is 9.17. The summed E-state index contributed by atoms with van der Waals surface area (Å²) in [6, 6.07) is 21.1. The van der Waals surface area contributed by atoms with Crippen LogP contribution in [0.15, 0.2) is 54.6 Å². The van der Waals surface area contributed by atoms with E-state index in [4.69, 9.17) is 9.72 Å². The lowest BCUT2D eigenvalue weighted by molar-refractivity contribution is -0.900. The van der Waals surface area contributed by atoms with Crippen molar-refractivity contribution >= 4 is 22.5 Å². The van der Waals surface area contributed by atoms with Crippen molar-refractivity contribution in [3.63, 3.8) is 0 Å². The van der Waals surface area contributed by atoms with Gasteiger partial charge in [-0.1, -0.05) is 43.2 Å². The molecule has 1 saturated heterocycles. The summed E-state index contributed by atoms with van der Waals surface area (Å²) < 4.78 is 8.15. The molecule has 1 aliphatic heterocycles. The Morgan fingerprint density at radius 1 is 1.09 bits per heavy atom. The number of imidazole rings is 1. The number of hydrogen-bond donors (Lipinski definition) is 1. The predicted molar refractivity (Wildman–Crippen MR) is 136 cm³/mol. The standard InChI is InChI=1S/C28H31N5O/c1-3-6-22-19-27(33-26-8-5-4-7-25(26)30-28(33)24(22)20-29)32-15-13-31(14-16-32)17-18-34-23-11-9-21(2)10-12-23/h4-5,7-12,19H,3,6,13-18H2,1-2H3/p+1. The third kappa shape index (κ3) is 4.32. The number of nitrogens with one attached hydrogen (secondary N) is 1. The first-order valence-corrected chi connectivity index (χ1v) is 12.3. The first-order valence-electron chi connectivity index (χ1n) is 12.3. The molecule has 0 aliphatic carbocycles. The Morgan fingerprint density at radius 2 is 1.85 bits per heavy atom. The summed E-state index contributed by atoms with van der Waals surface area (Å²) in [6.07, 6.45) is 1.89. The zero-order valence-corrected chi connectivity index (χ0v) is 20.1. The van der Waals surface area contributed by atoms with Gasteiger partial charge in [-0.3, -0.25) is 4.40 Å². The molecule has 0 saturated carbocycles. The van der Waals surface area contributed by atoms with Crippen molar-refractivity contribution in [3.8, 4) is 11.8 Å². The number of pyridine rings is 1. The van der Waals surface area contributed by atoms with Crippen LogP contribution >= 0.6 is 0 Å². The molecule has 5 rings (SSSR count). The summed E-state index contributed by atoms with van der Waals surface area (Å²) in [4.78, 5) is 8.90. The van der Waals surface area contributed by atoms with Crippen molar-refractivity contribution in [2.75, 3.05) is 44.2 Å². The van der Waals surface area contributed by atoms with Crippen molar-refractivity contribution < 1.29 is 9.64 Å². The molecule has 0 bridgehead atoms. The lowest BCUT2D eigenvalue weighted by Crippen LogP contribution is -3.15. The number of para-hydroxylation sites is 2. The Morgan fingerprint density at radius 3 is 2.59 bits per heavy atom. The molecule has 0 atom stereocenters. The summed E-state index contributed by atoms with van der Waals surface area (Å²) in [7, 11) is 0. The largest absolute Gasteiger partial charge is 0.488 e. The third-order valence-electron chi connectivity index (χ3n) is 6.81. The van der Waals surface area contributed by atoms with Gasteiger partial charge in [0.2, 0.25) is 0 Å². The highest BCUT2D eigenvalue weighted by Gasteiger charge is 2.25. The van der Waals surface area contributed by atoms with Gasteiger partial charge in [-0.25, -0.2) is 4.98 Å². The van der Waals surface area contributed by atoms with Crippen LogP contribution in [0.25, 0.3) is 16.7 Å². The van der Waals surface area contributed by atoms with E-state index >= 15 is 0 Å². The molecule has 4 aromatic rings. The van der Waals surface area contributed by atoms with Crippen molar-refractivity contribution in [1.82, 2.24) is 9.38 Å². The molecule has 1 fully saturated rings. The number of nitrogens with zero attached hydrogens (tertiary/aromatic N) is 4. The molecule has 6 nitrogen and oxygen atoms in total. The zero-order chi connectivity index (χ0) is 23.5. The van der Waals surface area contributed by atoms with Crippen LogP contribution < -0.4 is 14.5 Å². The van der Waals surface area contributed by atoms with Crippen molar-refractivity contribution in [3.05, 3.63) is 71.3 Å². The molecule has 6 heteroatoms. The number of aromatic nitrogens is 2. The first-order chi connectivity index (χ1) is 16.7. The molecular weight excluding hydrogens is 422 g/mol. The van der Waals surface area contributed by atoms with Gasteiger partial charge in [0.15, 0.2) is 5.65 Å². The first kappa shape index (κ1) is 22.2. The van der Waals surface area contributed by atoms with E-state index in [1.165, 1.54) is 5.56 Å². The maximum absolute atomic E-state index is 9.95. The van der Waals surface area contributed by atoms with Crippen molar-refractivity contribution in [2.24, 2.45) is 0 Å². The molecule has 0 unspecified atom stereocenters. The summed E-state index contributed by atoms with van der Waals surface area (Å²) in [6.45, 7) is 10.0. The van der Waals surface area contributed by atoms with Crippen LogP contribution in [0.4, 0.5) is 5.82 Å². The molecule has 34 heavy (non-hydrogen) atoms. The minimum absolute atomic E-state index is 0.708. The van der Waals surface area contributed by atoms with E-state index in [1.807, 2.05) is 30.3 Å². The quantitative estimate of drug-likeness (QED) is 0.465. The smallest absolute Gasteiger partial charge is 0.157 e. The number of benzene rings is 2. The molecule has 0 amide bonds. The minimum atomic E-state index is 0.708. The van der Waals surface area contributed by atoms with E-state index in [0.29, 0.717) is 5.56 Å². The number of fused-ring (bicyclic) bond motifs is 3. The number of anilines is 1. The Hall–Kier alpha value is -3.56. The average molecular weight is 455 g/mol. The second-order valence-electron chi connectivity index (χ2n) is 9.17. The molecule has 1 N–H and O–H groups in total. The summed E-state index contributed by atoms with van der Waals surface area (Å²) in [5.41, 5.74) is 5.84. The van der Waals surface area contributed by atoms with E-state index < -0.39 is 0 Å². The zero-order valence-electron chi connectivity index (χ0n) is 20.1. The van der Waals surface area contributed by atoms with Gasteiger partial charge in [0.1, 0.15) is 30.8 Å². The number of rotatable bonds is 7. The fourth-order valence-corrected chi connectivity index (χ4v) is 4.93. The number of nitriles is 1. The topological polar surface area (TPSA) is 58.0 Å². The van der Waals surface area contributed by atoms with E-state index in [0.717, 1.165) is 86.0 Å². The summed E-state index contributed by atoms with van der Waals surface area (Å²) >= 11 is 0. The van der Waals surface area contributed by atoms with Gasteiger partial charge in [0.05, 0.1) is 42.8 Å². The highest BCUT2D eigenvalue weighted by atomic mass is 16.5. The van der Waals surface area contributed by atoms with Crippen LogP contribution in [0.1, 0.15) is 30.0 Å². The maximum Gasteiger partial charge on any atom is 0.157 e. The van der Waals surface area contributed by atoms with Crippen LogP contribution in [0.2, 0.25) is 0 Å². The molecule has 1 aliphatic rings. The van der Waals surface area contributed by atoms with Gasteiger partial charge in [-0.2, -0.15) is 5.26 Å². The summed E-state index contributed by atoms with van der Waals surface area (Å²) in [5, 5.41) is 9.95. The van der Waals surface area contributed by atoms with Crippen LogP contribution in [0.5, 0.6) is 5.75 Å². The Labute approximate surface area is 201 Å². The monoisotopic (exact) mass is 454 g/mol. The molecule has 2 aromatic heterocycles. The second kappa shape index (κ2) is 9.74. The Bertz CT molecular complexity index is 1330. The third-order valence-corrected chi connectivity index (χ3v) is 6.81. The SMILES string of the molecule is CCCc1cc(N2CC[NH+](CCOc3ccc(C)cc3)CC2)n2c(nc3ccccc32)c1C#N. The van der Waals surface area contributed by atoms with Gasteiger partial charge in [0.25, 0.3) is 0 Å². The molecular formula is C28H32N5O+. The van der Waals surface area contributed by atoms with Crippen LogP contribution in [-0.2, 0) is 6.42 Å². The van der Waals surface area contributed by atoms with Gasteiger partial charge in [-0.05, 0) is 49.2 Å². The Kier molecular flexibility index (Phi) is 6.37. The van der Waals surface area contributed by atoms with Crippen LogP contribution in [-0.4, -0.2) is 48.7 Å². The van der Waals surface area contributed by atoms with E-state index in [9.17, 15) is 5.26 Å². The predicted octanol–water partition coefficient (Wildman–Crippen LogP) is 3.40. The molecule has 2 aromatic carbocycles.